The van der Waals surface area contributed by atoms with Crippen molar-refractivity contribution in [3.05, 3.63) is 24.3 Å². The first-order valence-electron chi connectivity index (χ1n) is 7.48. The molecule has 0 unspecified atom stereocenters. The van der Waals surface area contributed by atoms with Crippen molar-refractivity contribution in [3.8, 4) is 0 Å². The van der Waals surface area contributed by atoms with Gasteiger partial charge in [-0.05, 0) is 48.9 Å². The van der Waals surface area contributed by atoms with Gasteiger partial charge in [0.1, 0.15) is 0 Å². The van der Waals surface area contributed by atoms with E-state index in [1.54, 1.807) is 0 Å². The fourth-order valence-corrected chi connectivity index (χ4v) is 2.72. The Kier molecular flexibility index (Phi) is 5.07. The van der Waals surface area contributed by atoms with E-state index in [0.29, 0.717) is 6.54 Å². The number of urea groups is 1. The topological polar surface area (TPSA) is 64.6 Å². The number of aliphatic hydroxyl groups excluding tert-OH is 1. The van der Waals surface area contributed by atoms with Gasteiger partial charge in [-0.2, -0.15) is 0 Å². The summed E-state index contributed by atoms with van der Waals surface area (Å²) in [5.74, 6) is 0. The van der Waals surface area contributed by atoms with Crippen LogP contribution in [0.15, 0.2) is 24.3 Å². The largest absolute Gasteiger partial charge is 0.396 e. The Balaban J connectivity index is 1.81. The van der Waals surface area contributed by atoms with E-state index in [4.69, 9.17) is 5.11 Å². The first-order valence-corrected chi connectivity index (χ1v) is 7.48. The van der Waals surface area contributed by atoms with Crippen molar-refractivity contribution in [2.45, 2.75) is 25.7 Å². The number of benzene rings is 1. The molecular formula is C16H25N3O2. The van der Waals surface area contributed by atoms with Gasteiger partial charge in [-0.15, -0.1) is 0 Å². The molecule has 0 spiro atoms. The van der Waals surface area contributed by atoms with Crippen LogP contribution in [-0.2, 0) is 0 Å². The predicted molar refractivity (Wildman–Crippen MR) is 85.8 cm³/mol. The minimum absolute atomic E-state index is 0.112. The number of nitrogens with zero attached hydrogens (tertiary/aromatic N) is 1. The van der Waals surface area contributed by atoms with Gasteiger partial charge in [0.05, 0.1) is 0 Å². The van der Waals surface area contributed by atoms with E-state index in [1.807, 2.05) is 43.3 Å². The molecule has 0 atom stereocenters. The Bertz CT molecular complexity index is 467. The van der Waals surface area contributed by atoms with Crippen molar-refractivity contribution in [3.63, 3.8) is 0 Å². The van der Waals surface area contributed by atoms with Crippen LogP contribution in [0.2, 0.25) is 0 Å². The molecule has 1 aromatic carbocycles. The fraction of sp³-hybridized carbons (Fsp3) is 0.562. The quantitative estimate of drug-likeness (QED) is 0.754. The molecule has 3 N–H and O–H groups in total. The number of rotatable bonds is 6. The third kappa shape index (κ3) is 4.11. The Labute approximate surface area is 126 Å². The van der Waals surface area contributed by atoms with Crippen LogP contribution in [-0.4, -0.2) is 38.4 Å². The maximum Gasteiger partial charge on any atom is 0.319 e. The Morgan fingerprint density at radius 1 is 1.29 bits per heavy atom. The molecule has 0 radical (unpaired) electrons. The molecule has 2 rings (SSSR count). The van der Waals surface area contributed by atoms with E-state index in [-0.39, 0.29) is 18.1 Å². The lowest BCUT2D eigenvalue weighted by Gasteiger charge is -2.41. The molecule has 1 saturated carbocycles. The molecule has 0 saturated heterocycles. The Morgan fingerprint density at radius 3 is 2.43 bits per heavy atom. The zero-order valence-corrected chi connectivity index (χ0v) is 12.9. The summed E-state index contributed by atoms with van der Waals surface area (Å²) in [6.07, 6.45) is 4.14. The van der Waals surface area contributed by atoms with Crippen molar-refractivity contribution in [1.29, 1.82) is 0 Å². The highest BCUT2D eigenvalue weighted by molar-refractivity contribution is 5.89. The molecule has 0 aromatic heterocycles. The lowest BCUT2D eigenvalue weighted by molar-refractivity contribution is 0.0892. The normalized spacial score (nSPS) is 16.0. The monoisotopic (exact) mass is 291 g/mol. The van der Waals surface area contributed by atoms with Gasteiger partial charge in [-0.3, -0.25) is 0 Å². The maximum absolute atomic E-state index is 11.9. The average Bonchev–Trinajstić information content (AvgIpc) is 2.42. The number of carbonyl (C=O) groups excluding carboxylic acids is 1. The van der Waals surface area contributed by atoms with E-state index >= 15 is 0 Å². The van der Waals surface area contributed by atoms with E-state index in [2.05, 4.69) is 10.6 Å². The molecule has 1 aliphatic carbocycles. The van der Waals surface area contributed by atoms with Crippen molar-refractivity contribution >= 4 is 17.4 Å². The first-order chi connectivity index (χ1) is 10.0. The van der Waals surface area contributed by atoms with Crippen LogP contribution in [0.5, 0.6) is 0 Å². The van der Waals surface area contributed by atoms with Crippen LogP contribution in [0.1, 0.15) is 25.7 Å². The summed E-state index contributed by atoms with van der Waals surface area (Å²) in [7, 11) is 3.96. The molecule has 1 fully saturated rings. The molecule has 2 amide bonds. The van der Waals surface area contributed by atoms with Crippen LogP contribution in [0.3, 0.4) is 0 Å². The number of hydrogen-bond donors (Lipinski definition) is 3. The van der Waals surface area contributed by atoms with Crippen LogP contribution in [0.4, 0.5) is 16.2 Å². The maximum atomic E-state index is 11.9. The van der Waals surface area contributed by atoms with Gasteiger partial charge in [-0.25, -0.2) is 4.79 Å². The van der Waals surface area contributed by atoms with E-state index in [9.17, 15) is 4.79 Å². The number of aliphatic hydroxyl groups is 1. The zero-order valence-electron chi connectivity index (χ0n) is 12.9. The van der Waals surface area contributed by atoms with Gasteiger partial charge in [0.25, 0.3) is 0 Å². The average molecular weight is 291 g/mol. The van der Waals surface area contributed by atoms with Gasteiger partial charge in [0.2, 0.25) is 0 Å². The zero-order chi connectivity index (χ0) is 15.3. The molecule has 5 heteroatoms. The standard InChI is InChI=1S/C16H25N3O2/c1-19(2)14-6-4-13(5-7-14)18-15(21)17-12-16(10-11-20)8-3-9-16/h4-7,20H,3,8-12H2,1-2H3,(H2,17,18,21). The Morgan fingerprint density at radius 2 is 1.95 bits per heavy atom. The van der Waals surface area contributed by atoms with Gasteiger partial charge in [-0.1, -0.05) is 6.42 Å². The second-order valence-electron chi connectivity index (χ2n) is 6.08. The first kappa shape index (κ1) is 15.6. The summed E-state index contributed by atoms with van der Waals surface area (Å²) >= 11 is 0. The minimum atomic E-state index is -0.184. The second kappa shape index (κ2) is 6.80. The molecular weight excluding hydrogens is 266 g/mol. The smallest absolute Gasteiger partial charge is 0.319 e. The highest BCUT2D eigenvalue weighted by Crippen LogP contribution is 2.43. The summed E-state index contributed by atoms with van der Waals surface area (Å²) in [5, 5.41) is 14.9. The molecule has 0 heterocycles. The molecule has 0 bridgehead atoms. The second-order valence-corrected chi connectivity index (χ2v) is 6.08. The summed E-state index contributed by atoms with van der Waals surface area (Å²) in [5.41, 5.74) is 1.99. The van der Waals surface area contributed by atoms with Crippen molar-refractivity contribution in [2.24, 2.45) is 5.41 Å². The molecule has 1 aromatic rings. The SMILES string of the molecule is CN(C)c1ccc(NC(=O)NCC2(CCO)CCC2)cc1. The number of hydrogen-bond acceptors (Lipinski definition) is 3. The van der Waals surface area contributed by atoms with Crippen LogP contribution < -0.4 is 15.5 Å². The predicted octanol–water partition coefficient (Wildman–Crippen LogP) is 2.43. The minimum Gasteiger partial charge on any atom is -0.396 e. The Hall–Kier alpha value is -1.75. The van der Waals surface area contributed by atoms with Crippen molar-refractivity contribution < 1.29 is 9.90 Å². The van der Waals surface area contributed by atoms with Crippen molar-refractivity contribution in [2.75, 3.05) is 37.5 Å². The number of amides is 2. The third-order valence-corrected chi connectivity index (χ3v) is 4.32. The van der Waals surface area contributed by atoms with Gasteiger partial charge < -0.3 is 20.6 Å². The highest BCUT2D eigenvalue weighted by Gasteiger charge is 2.36. The van der Waals surface area contributed by atoms with Gasteiger partial charge in [0, 0.05) is 38.6 Å². The van der Waals surface area contributed by atoms with Crippen LogP contribution in [0.25, 0.3) is 0 Å². The van der Waals surface area contributed by atoms with Crippen LogP contribution >= 0.6 is 0 Å². The van der Waals surface area contributed by atoms with E-state index in [0.717, 1.165) is 30.6 Å². The third-order valence-electron chi connectivity index (χ3n) is 4.32. The lowest BCUT2D eigenvalue weighted by atomic mass is 9.67. The summed E-state index contributed by atoms with van der Waals surface area (Å²) in [6.45, 7) is 0.824. The van der Waals surface area contributed by atoms with Gasteiger partial charge in [0.15, 0.2) is 0 Å². The summed E-state index contributed by atoms with van der Waals surface area (Å²) in [4.78, 5) is 13.9. The molecule has 5 nitrogen and oxygen atoms in total. The number of carbonyl (C=O) groups is 1. The molecule has 1 aliphatic rings. The summed E-state index contributed by atoms with van der Waals surface area (Å²) < 4.78 is 0. The summed E-state index contributed by atoms with van der Waals surface area (Å²) in [6, 6.07) is 7.53. The van der Waals surface area contributed by atoms with Crippen molar-refractivity contribution in [1.82, 2.24) is 5.32 Å². The highest BCUT2D eigenvalue weighted by atomic mass is 16.3. The fourth-order valence-electron chi connectivity index (χ4n) is 2.72. The van der Waals surface area contributed by atoms with Gasteiger partial charge >= 0.3 is 6.03 Å². The molecule has 0 aliphatic heterocycles. The van der Waals surface area contributed by atoms with Crippen LogP contribution in [0, 0.1) is 5.41 Å². The number of nitrogens with one attached hydrogen (secondary N) is 2. The molecule has 116 valence electrons. The number of anilines is 2. The molecule has 21 heavy (non-hydrogen) atoms. The lowest BCUT2D eigenvalue weighted by Crippen LogP contribution is -2.44. The van der Waals surface area contributed by atoms with E-state index < -0.39 is 0 Å². The van der Waals surface area contributed by atoms with E-state index in [1.165, 1.54) is 6.42 Å².